The van der Waals surface area contributed by atoms with E-state index in [4.69, 9.17) is 0 Å². The molecule has 0 saturated heterocycles. The molecule has 1 saturated carbocycles. The third kappa shape index (κ3) is 2.96. The first-order valence-electron chi connectivity index (χ1n) is 4.82. The zero-order valence-electron chi connectivity index (χ0n) is 8.04. The number of rotatable bonds is 5. The van der Waals surface area contributed by atoms with Gasteiger partial charge in [0.25, 0.3) is 0 Å². The van der Waals surface area contributed by atoms with Gasteiger partial charge in [-0.2, -0.15) is 5.10 Å². The Morgan fingerprint density at radius 3 is 3.07 bits per heavy atom. The summed E-state index contributed by atoms with van der Waals surface area (Å²) < 4.78 is 2.90. The lowest BCUT2D eigenvalue weighted by atomic mass is 10.3. The Kier molecular flexibility index (Phi) is 3.03. The van der Waals surface area contributed by atoms with E-state index in [0.29, 0.717) is 0 Å². The van der Waals surface area contributed by atoms with E-state index in [-0.39, 0.29) is 0 Å². The Morgan fingerprint density at radius 2 is 2.50 bits per heavy atom. The van der Waals surface area contributed by atoms with Crippen molar-refractivity contribution in [2.75, 3.05) is 6.54 Å². The molecule has 1 aromatic heterocycles. The highest BCUT2D eigenvalue weighted by Crippen LogP contribution is 2.18. The molecule has 0 atom stereocenters. The van der Waals surface area contributed by atoms with E-state index >= 15 is 0 Å². The van der Waals surface area contributed by atoms with Crippen molar-refractivity contribution in [1.82, 2.24) is 15.1 Å². The molecule has 1 fully saturated rings. The number of hydrogen-bond donors (Lipinski definition) is 1. The maximum absolute atomic E-state index is 4.18. The number of hydrogen-bond acceptors (Lipinski definition) is 2. The van der Waals surface area contributed by atoms with Crippen molar-refractivity contribution in [3.8, 4) is 0 Å². The number of nitrogens with one attached hydrogen (secondary N) is 1. The van der Waals surface area contributed by atoms with Crippen LogP contribution in [0.2, 0.25) is 0 Å². The Labute approximate surface area is 92.3 Å². The summed E-state index contributed by atoms with van der Waals surface area (Å²) in [7, 11) is 0. The minimum Gasteiger partial charge on any atom is -0.310 e. The maximum atomic E-state index is 4.18. The second kappa shape index (κ2) is 4.28. The van der Waals surface area contributed by atoms with Gasteiger partial charge in [0.05, 0.1) is 17.2 Å². The molecule has 0 amide bonds. The Hall–Kier alpha value is -0.610. The van der Waals surface area contributed by atoms with Crippen molar-refractivity contribution in [1.29, 1.82) is 0 Å². The van der Waals surface area contributed by atoms with Gasteiger partial charge in [-0.1, -0.05) is 6.58 Å². The van der Waals surface area contributed by atoms with Crippen molar-refractivity contribution in [2.24, 2.45) is 0 Å². The fourth-order valence-corrected chi connectivity index (χ4v) is 1.61. The third-order valence-electron chi connectivity index (χ3n) is 2.21. The second-order valence-corrected chi connectivity index (χ2v) is 4.68. The van der Waals surface area contributed by atoms with Crippen molar-refractivity contribution in [3.05, 3.63) is 29.0 Å². The van der Waals surface area contributed by atoms with Gasteiger partial charge in [-0.05, 0) is 34.3 Å². The van der Waals surface area contributed by atoms with Gasteiger partial charge in [0.1, 0.15) is 0 Å². The van der Waals surface area contributed by atoms with Crippen LogP contribution in [0.4, 0.5) is 0 Å². The molecule has 1 aliphatic carbocycles. The first-order chi connectivity index (χ1) is 6.74. The topological polar surface area (TPSA) is 29.9 Å². The average Bonchev–Trinajstić information content (AvgIpc) is 2.88. The molecule has 1 heterocycles. The largest absolute Gasteiger partial charge is 0.310 e. The summed E-state index contributed by atoms with van der Waals surface area (Å²) in [5.74, 6) is 0. The molecule has 4 heteroatoms. The van der Waals surface area contributed by atoms with E-state index in [9.17, 15) is 0 Å². The van der Waals surface area contributed by atoms with Gasteiger partial charge in [-0.15, -0.1) is 0 Å². The molecule has 0 spiro atoms. The number of nitrogens with zero attached hydrogens (tertiary/aromatic N) is 2. The summed E-state index contributed by atoms with van der Waals surface area (Å²) in [5, 5.41) is 7.61. The standard InChI is InChI=1S/C10H14BrN3/c1-8(4-12-10-2-3-10)6-14-7-9(11)5-13-14/h5,7,10,12H,1-4,6H2. The summed E-state index contributed by atoms with van der Waals surface area (Å²) in [5.41, 5.74) is 1.17. The molecule has 0 aliphatic heterocycles. The van der Waals surface area contributed by atoms with E-state index in [0.717, 1.165) is 23.6 Å². The molecule has 2 rings (SSSR count). The predicted octanol–water partition coefficient (Wildman–Crippen LogP) is 1.95. The van der Waals surface area contributed by atoms with Gasteiger partial charge < -0.3 is 5.32 Å². The van der Waals surface area contributed by atoms with Crippen LogP contribution in [0.5, 0.6) is 0 Å². The van der Waals surface area contributed by atoms with E-state index in [1.165, 1.54) is 18.4 Å². The van der Waals surface area contributed by atoms with Crippen LogP contribution in [0.25, 0.3) is 0 Å². The highest BCUT2D eigenvalue weighted by Gasteiger charge is 2.19. The van der Waals surface area contributed by atoms with Crippen molar-refractivity contribution in [2.45, 2.75) is 25.4 Å². The van der Waals surface area contributed by atoms with Crippen molar-refractivity contribution >= 4 is 15.9 Å². The normalized spacial score (nSPS) is 15.8. The summed E-state index contributed by atoms with van der Waals surface area (Å²) in [4.78, 5) is 0. The first kappa shape index (κ1) is 9.93. The van der Waals surface area contributed by atoms with Crippen molar-refractivity contribution < 1.29 is 0 Å². The molecule has 0 bridgehead atoms. The van der Waals surface area contributed by atoms with Crippen molar-refractivity contribution in [3.63, 3.8) is 0 Å². The van der Waals surface area contributed by atoms with Crippen LogP contribution in [-0.2, 0) is 6.54 Å². The third-order valence-corrected chi connectivity index (χ3v) is 2.61. The molecule has 1 aromatic rings. The summed E-state index contributed by atoms with van der Waals surface area (Å²) >= 11 is 3.37. The van der Waals surface area contributed by atoms with Crippen LogP contribution in [0.1, 0.15) is 12.8 Å². The summed E-state index contributed by atoms with van der Waals surface area (Å²) in [6, 6.07) is 0.746. The molecule has 0 radical (unpaired) electrons. The summed E-state index contributed by atoms with van der Waals surface area (Å²) in [6.07, 6.45) is 6.39. The van der Waals surface area contributed by atoms with Gasteiger partial charge >= 0.3 is 0 Å². The SMILES string of the molecule is C=C(CNC1CC1)Cn1cc(Br)cn1. The Balaban J connectivity index is 1.75. The molecular formula is C10H14BrN3. The maximum Gasteiger partial charge on any atom is 0.0632 e. The van der Waals surface area contributed by atoms with Gasteiger partial charge in [0.2, 0.25) is 0 Å². The molecule has 0 aromatic carbocycles. The smallest absolute Gasteiger partial charge is 0.0632 e. The fourth-order valence-electron chi connectivity index (χ4n) is 1.29. The van der Waals surface area contributed by atoms with Crippen LogP contribution in [-0.4, -0.2) is 22.4 Å². The molecule has 76 valence electrons. The quantitative estimate of drug-likeness (QED) is 0.816. The molecule has 1 N–H and O–H groups in total. The second-order valence-electron chi connectivity index (χ2n) is 3.76. The molecule has 3 nitrogen and oxygen atoms in total. The van der Waals surface area contributed by atoms with Crippen LogP contribution in [0.3, 0.4) is 0 Å². The molecule has 14 heavy (non-hydrogen) atoms. The minimum atomic E-state index is 0.746. The van der Waals surface area contributed by atoms with E-state index in [1.807, 2.05) is 10.9 Å². The molecule has 0 unspecified atom stereocenters. The minimum absolute atomic E-state index is 0.746. The van der Waals surface area contributed by atoms with E-state index in [2.05, 4.69) is 32.9 Å². The number of halogens is 1. The Morgan fingerprint density at radius 1 is 1.71 bits per heavy atom. The molecule has 1 aliphatic rings. The lowest BCUT2D eigenvalue weighted by Crippen LogP contribution is -2.20. The zero-order valence-corrected chi connectivity index (χ0v) is 9.63. The first-order valence-corrected chi connectivity index (χ1v) is 5.61. The highest BCUT2D eigenvalue weighted by atomic mass is 79.9. The van der Waals surface area contributed by atoms with Gasteiger partial charge in [-0.25, -0.2) is 0 Å². The Bertz CT molecular complexity index is 328. The lowest BCUT2D eigenvalue weighted by molar-refractivity contribution is 0.635. The fraction of sp³-hybridized carbons (Fsp3) is 0.500. The average molecular weight is 256 g/mol. The van der Waals surface area contributed by atoms with Gasteiger partial charge in [0.15, 0.2) is 0 Å². The number of aromatic nitrogens is 2. The van der Waals surface area contributed by atoms with Crippen LogP contribution < -0.4 is 5.32 Å². The monoisotopic (exact) mass is 255 g/mol. The highest BCUT2D eigenvalue weighted by molar-refractivity contribution is 9.10. The predicted molar refractivity (Wildman–Crippen MR) is 60.1 cm³/mol. The van der Waals surface area contributed by atoms with Crippen LogP contribution in [0, 0.1) is 0 Å². The van der Waals surface area contributed by atoms with E-state index < -0.39 is 0 Å². The zero-order chi connectivity index (χ0) is 9.97. The lowest BCUT2D eigenvalue weighted by Gasteiger charge is -2.06. The van der Waals surface area contributed by atoms with Gasteiger partial charge in [-0.3, -0.25) is 4.68 Å². The van der Waals surface area contributed by atoms with Gasteiger partial charge in [0, 0.05) is 18.8 Å². The van der Waals surface area contributed by atoms with Crippen LogP contribution in [0.15, 0.2) is 29.0 Å². The van der Waals surface area contributed by atoms with Crippen LogP contribution >= 0.6 is 15.9 Å². The molecular weight excluding hydrogens is 242 g/mol. The summed E-state index contributed by atoms with van der Waals surface area (Å²) in [6.45, 7) is 5.72. The van der Waals surface area contributed by atoms with E-state index in [1.54, 1.807) is 6.20 Å².